The maximum absolute atomic E-state index is 14.2. The van der Waals surface area contributed by atoms with Crippen LogP contribution in [0.5, 0.6) is 0 Å². The molecule has 0 bridgehead atoms. The van der Waals surface area contributed by atoms with Crippen molar-refractivity contribution in [3.05, 3.63) is 71.4 Å². The van der Waals surface area contributed by atoms with E-state index >= 15 is 0 Å². The number of nitrogens with one attached hydrogen (secondary N) is 2. The molecule has 0 unspecified atom stereocenters. The molecule has 4 aromatic rings. The molecule has 39 heavy (non-hydrogen) atoms. The zero-order valence-corrected chi connectivity index (χ0v) is 23.6. The summed E-state index contributed by atoms with van der Waals surface area (Å²) in [5.41, 5.74) is 1.70. The van der Waals surface area contributed by atoms with E-state index in [9.17, 15) is 25.6 Å². The summed E-state index contributed by atoms with van der Waals surface area (Å²) in [5, 5.41) is 3.71. The van der Waals surface area contributed by atoms with Crippen molar-refractivity contribution >= 4 is 42.8 Å². The Morgan fingerprint density at radius 3 is 2.33 bits per heavy atom. The van der Waals surface area contributed by atoms with E-state index in [0.29, 0.717) is 21.8 Å². The highest BCUT2D eigenvalue weighted by Crippen LogP contribution is 2.39. The quantitative estimate of drug-likeness (QED) is 0.265. The predicted octanol–water partition coefficient (Wildman–Crippen LogP) is 4.93. The normalized spacial score (nSPS) is 12.1. The van der Waals surface area contributed by atoms with Crippen molar-refractivity contribution in [1.29, 1.82) is 0 Å². The first-order valence-electron chi connectivity index (χ1n) is 11.7. The number of anilines is 2. The molecule has 0 atom stereocenters. The molecule has 0 saturated carbocycles. The maximum atomic E-state index is 14.2. The van der Waals surface area contributed by atoms with Crippen molar-refractivity contribution in [2.45, 2.75) is 24.7 Å². The molecule has 2 heterocycles. The molecule has 4 rings (SSSR count). The summed E-state index contributed by atoms with van der Waals surface area (Å²) in [6, 6.07) is 10.8. The van der Waals surface area contributed by atoms with Gasteiger partial charge in [-0.3, -0.25) is 4.72 Å². The summed E-state index contributed by atoms with van der Waals surface area (Å²) in [6.07, 6.45) is 2.68. The van der Waals surface area contributed by atoms with E-state index in [4.69, 9.17) is 4.98 Å². The molecule has 2 aromatic carbocycles. The molecule has 0 radical (unpaired) electrons. The molecule has 0 aliphatic heterocycles. The minimum atomic E-state index is -4.56. The summed E-state index contributed by atoms with van der Waals surface area (Å²) in [4.78, 5) is 13.1. The van der Waals surface area contributed by atoms with E-state index in [1.807, 2.05) is 13.8 Å². The number of aromatic nitrogens is 3. The molecule has 2 N–H and O–H groups in total. The monoisotopic (exact) mass is 593 g/mol. The van der Waals surface area contributed by atoms with E-state index in [0.717, 1.165) is 29.5 Å². The van der Waals surface area contributed by atoms with Crippen LogP contribution < -0.4 is 10.0 Å². The van der Waals surface area contributed by atoms with Crippen molar-refractivity contribution in [2.75, 3.05) is 28.6 Å². The van der Waals surface area contributed by atoms with E-state index in [1.165, 1.54) is 29.7 Å². The van der Waals surface area contributed by atoms with Crippen LogP contribution in [0.25, 0.3) is 21.8 Å². The van der Waals surface area contributed by atoms with Gasteiger partial charge in [0.05, 0.1) is 27.0 Å². The second-order valence-electron chi connectivity index (χ2n) is 8.94. The number of halogens is 2. The Labute approximate surface area is 229 Å². The first kappa shape index (κ1) is 28.5. The van der Waals surface area contributed by atoms with Gasteiger partial charge in [0.15, 0.2) is 4.90 Å². The number of rotatable bonds is 10. The summed E-state index contributed by atoms with van der Waals surface area (Å²) >= 11 is 1.41. The number of sulfonamides is 1. The third-order valence-corrected chi connectivity index (χ3v) is 9.11. The van der Waals surface area contributed by atoms with Crippen molar-refractivity contribution in [3.63, 3.8) is 0 Å². The first-order chi connectivity index (χ1) is 18.3. The summed E-state index contributed by atoms with van der Waals surface area (Å²) in [7, 11) is -7.72. The Bertz CT molecular complexity index is 1700. The molecule has 0 aliphatic carbocycles. The standard InChI is InChI=1S/C25H25F2N5O4S3/c1-15(2)24-31-21(22(37-24)20-10-11-28-25(30-20)29-12-13-38(3,33)34)16-6-4-7-17(14-16)32-39(35,36)23-18(26)8-5-9-19(23)27/h4-11,14-15,32H,12-13H2,1-3H3,(H,28,29,30). The molecule has 0 fully saturated rings. The SMILES string of the molecule is CC(C)c1nc(-c2cccc(NS(=O)(=O)c3c(F)cccc3F)c2)c(-c2ccnc(NCCS(C)(=O)=O)n2)s1. The lowest BCUT2D eigenvalue weighted by molar-refractivity contribution is 0.521. The molecule has 14 heteroatoms. The Hall–Kier alpha value is -3.49. The number of thiazole rings is 1. The fraction of sp³-hybridized carbons (Fsp3) is 0.240. The van der Waals surface area contributed by atoms with Crippen LogP contribution in [0.3, 0.4) is 0 Å². The first-order valence-corrected chi connectivity index (χ1v) is 16.0. The molecule has 2 aromatic heterocycles. The van der Waals surface area contributed by atoms with Gasteiger partial charge < -0.3 is 5.32 Å². The summed E-state index contributed by atoms with van der Waals surface area (Å²) < 4.78 is 79.0. The molecule has 0 saturated heterocycles. The zero-order chi connectivity index (χ0) is 28.4. The maximum Gasteiger partial charge on any atom is 0.267 e. The average molecular weight is 594 g/mol. The molecule has 0 spiro atoms. The van der Waals surface area contributed by atoms with Crippen LogP contribution >= 0.6 is 11.3 Å². The van der Waals surface area contributed by atoms with Crippen LogP contribution in [0, 0.1) is 11.6 Å². The Morgan fingerprint density at radius 2 is 1.67 bits per heavy atom. The third-order valence-electron chi connectivity index (χ3n) is 5.36. The highest BCUT2D eigenvalue weighted by molar-refractivity contribution is 7.92. The van der Waals surface area contributed by atoms with Gasteiger partial charge in [0.25, 0.3) is 10.0 Å². The lowest BCUT2D eigenvalue weighted by Gasteiger charge is -2.11. The lowest BCUT2D eigenvalue weighted by atomic mass is 10.1. The minimum Gasteiger partial charge on any atom is -0.353 e. The van der Waals surface area contributed by atoms with E-state index < -0.39 is 36.4 Å². The third kappa shape index (κ3) is 6.94. The molecule has 9 nitrogen and oxygen atoms in total. The summed E-state index contributed by atoms with van der Waals surface area (Å²) in [6.45, 7) is 4.11. The number of sulfone groups is 1. The fourth-order valence-corrected chi connectivity index (χ4v) is 6.27. The number of hydrogen-bond donors (Lipinski definition) is 2. The van der Waals surface area contributed by atoms with Crippen LogP contribution in [0.15, 0.2) is 59.6 Å². The van der Waals surface area contributed by atoms with Gasteiger partial charge in [0.2, 0.25) is 5.95 Å². The van der Waals surface area contributed by atoms with Crippen molar-refractivity contribution in [2.24, 2.45) is 0 Å². The molecular weight excluding hydrogens is 569 g/mol. The lowest BCUT2D eigenvalue weighted by Crippen LogP contribution is -2.16. The van der Waals surface area contributed by atoms with E-state index in [2.05, 4.69) is 20.0 Å². The van der Waals surface area contributed by atoms with Crippen LogP contribution in [0.4, 0.5) is 20.4 Å². The van der Waals surface area contributed by atoms with Crippen LogP contribution in [-0.4, -0.2) is 50.3 Å². The predicted molar refractivity (Wildman–Crippen MR) is 148 cm³/mol. The van der Waals surface area contributed by atoms with Gasteiger partial charge in [0.1, 0.15) is 21.5 Å². The second-order valence-corrected chi connectivity index (χ2v) is 13.9. The van der Waals surface area contributed by atoms with E-state index in [1.54, 1.807) is 18.2 Å². The molecule has 0 amide bonds. The number of nitrogens with zero attached hydrogens (tertiary/aromatic N) is 3. The fourth-order valence-electron chi connectivity index (χ4n) is 3.55. The van der Waals surface area contributed by atoms with Gasteiger partial charge in [0, 0.05) is 36.2 Å². The largest absolute Gasteiger partial charge is 0.353 e. The number of hydrogen-bond acceptors (Lipinski definition) is 9. The molecular formula is C25H25F2N5O4S3. The minimum absolute atomic E-state index is 0.0800. The topological polar surface area (TPSA) is 131 Å². The highest BCUT2D eigenvalue weighted by Gasteiger charge is 2.25. The van der Waals surface area contributed by atoms with Gasteiger partial charge in [-0.1, -0.05) is 32.0 Å². The van der Waals surface area contributed by atoms with Crippen LogP contribution in [-0.2, 0) is 19.9 Å². The van der Waals surface area contributed by atoms with E-state index in [-0.39, 0.29) is 29.9 Å². The number of benzene rings is 2. The smallest absolute Gasteiger partial charge is 0.267 e. The van der Waals surface area contributed by atoms with Crippen molar-refractivity contribution < 1.29 is 25.6 Å². The van der Waals surface area contributed by atoms with Gasteiger partial charge in [-0.2, -0.15) is 0 Å². The van der Waals surface area contributed by atoms with Crippen LogP contribution in [0.1, 0.15) is 24.8 Å². The highest BCUT2D eigenvalue weighted by atomic mass is 32.2. The molecule has 0 aliphatic rings. The van der Waals surface area contributed by atoms with Crippen molar-refractivity contribution in [3.8, 4) is 21.8 Å². The zero-order valence-electron chi connectivity index (χ0n) is 21.1. The van der Waals surface area contributed by atoms with Gasteiger partial charge in [-0.15, -0.1) is 11.3 Å². The Balaban J connectivity index is 1.70. The van der Waals surface area contributed by atoms with Gasteiger partial charge in [-0.05, 0) is 30.3 Å². The Morgan fingerprint density at radius 1 is 0.974 bits per heavy atom. The second kappa shape index (κ2) is 11.3. The Kier molecular flexibility index (Phi) is 8.28. The van der Waals surface area contributed by atoms with Gasteiger partial charge in [-0.25, -0.2) is 40.6 Å². The van der Waals surface area contributed by atoms with Crippen LogP contribution in [0.2, 0.25) is 0 Å². The van der Waals surface area contributed by atoms with Crippen molar-refractivity contribution in [1.82, 2.24) is 15.0 Å². The van der Waals surface area contributed by atoms with Gasteiger partial charge >= 0.3 is 0 Å². The molecule has 206 valence electrons. The average Bonchev–Trinajstić information content (AvgIpc) is 3.29. The summed E-state index contributed by atoms with van der Waals surface area (Å²) in [5.74, 6) is -2.15.